The minimum Gasteiger partial charge on any atom is -0.333 e. The number of benzene rings is 2. The molecule has 0 saturated heterocycles. The number of nitrogens with one attached hydrogen (secondary N) is 1. The summed E-state index contributed by atoms with van der Waals surface area (Å²) in [6.45, 7) is 2.43. The summed E-state index contributed by atoms with van der Waals surface area (Å²) in [7, 11) is 0. The summed E-state index contributed by atoms with van der Waals surface area (Å²) in [6, 6.07) is 14.9. The predicted molar refractivity (Wildman–Crippen MR) is 98.1 cm³/mol. The molecule has 1 N–H and O–H groups in total. The number of carbonyl (C=O) groups is 1. The molecule has 0 atom stereocenters. The Morgan fingerprint density at radius 1 is 1.15 bits per heavy atom. The van der Waals surface area contributed by atoms with Crippen LogP contribution in [-0.2, 0) is 6.54 Å². The molecule has 1 heterocycles. The first-order chi connectivity index (χ1) is 12.5. The van der Waals surface area contributed by atoms with Gasteiger partial charge >= 0.3 is 0 Å². The number of aromatic nitrogens is 1. The van der Waals surface area contributed by atoms with E-state index < -0.39 is 4.92 Å². The van der Waals surface area contributed by atoms with E-state index in [1.807, 2.05) is 6.92 Å². The number of nitro benzene ring substituents is 1. The van der Waals surface area contributed by atoms with Crippen LogP contribution in [0.3, 0.4) is 0 Å². The molecule has 0 spiro atoms. The van der Waals surface area contributed by atoms with Crippen LogP contribution in [0.4, 0.5) is 5.69 Å². The Labute approximate surface area is 149 Å². The zero-order chi connectivity index (χ0) is 18.7. The summed E-state index contributed by atoms with van der Waals surface area (Å²) in [6.07, 6.45) is 0. The number of H-pyrrole nitrogens is 1. The molecule has 0 aliphatic heterocycles. The summed E-state index contributed by atoms with van der Waals surface area (Å²) in [5.41, 5.74) is 0.501. The lowest BCUT2D eigenvalue weighted by Crippen LogP contribution is -2.32. The highest BCUT2D eigenvalue weighted by Gasteiger charge is 2.17. The fourth-order valence-corrected chi connectivity index (χ4v) is 2.81. The van der Waals surface area contributed by atoms with Crippen molar-refractivity contribution in [2.24, 2.45) is 0 Å². The van der Waals surface area contributed by atoms with Crippen LogP contribution >= 0.6 is 0 Å². The second kappa shape index (κ2) is 7.18. The van der Waals surface area contributed by atoms with Crippen LogP contribution in [0.2, 0.25) is 0 Å². The fourth-order valence-electron chi connectivity index (χ4n) is 2.81. The molecular weight excluding hydrogens is 334 g/mol. The Hall–Kier alpha value is -3.48. The number of pyridine rings is 1. The molecule has 3 rings (SSSR count). The molecule has 0 fully saturated rings. The van der Waals surface area contributed by atoms with Gasteiger partial charge in [0.2, 0.25) is 0 Å². The number of nitrogens with zero attached hydrogens (tertiary/aromatic N) is 2. The molecule has 132 valence electrons. The molecule has 7 heteroatoms. The summed E-state index contributed by atoms with van der Waals surface area (Å²) in [5, 5.41) is 12.1. The average Bonchev–Trinajstić information content (AvgIpc) is 2.65. The molecule has 2 aromatic carbocycles. The lowest BCUT2D eigenvalue weighted by Gasteiger charge is -2.21. The molecule has 0 saturated carbocycles. The molecule has 0 unspecified atom stereocenters. The van der Waals surface area contributed by atoms with E-state index in [9.17, 15) is 19.7 Å². The van der Waals surface area contributed by atoms with Crippen LogP contribution in [-0.4, -0.2) is 27.3 Å². The van der Waals surface area contributed by atoms with Crippen LogP contribution in [0.5, 0.6) is 0 Å². The number of hydrogen-bond acceptors (Lipinski definition) is 4. The van der Waals surface area contributed by atoms with Crippen molar-refractivity contribution < 1.29 is 9.72 Å². The number of rotatable bonds is 5. The van der Waals surface area contributed by atoms with E-state index in [2.05, 4.69) is 4.98 Å². The number of hydrogen-bond donors (Lipinski definition) is 1. The SMILES string of the molecule is CCN(Cc1cccc([N+](=O)[O-])c1)C(=O)c1cc2ccccc2c(=O)[nH]1. The predicted octanol–water partition coefficient (Wildman–Crippen LogP) is 3.10. The van der Waals surface area contributed by atoms with Crippen molar-refractivity contribution in [1.82, 2.24) is 9.88 Å². The minimum atomic E-state index is -0.470. The molecule has 26 heavy (non-hydrogen) atoms. The minimum absolute atomic E-state index is 0.0230. The Balaban J connectivity index is 1.91. The van der Waals surface area contributed by atoms with Gasteiger partial charge in [-0.1, -0.05) is 30.3 Å². The van der Waals surface area contributed by atoms with Gasteiger partial charge in [-0.3, -0.25) is 19.7 Å². The van der Waals surface area contributed by atoms with E-state index in [0.29, 0.717) is 22.9 Å². The Morgan fingerprint density at radius 3 is 2.65 bits per heavy atom. The van der Waals surface area contributed by atoms with Crippen LogP contribution in [0.15, 0.2) is 59.4 Å². The van der Waals surface area contributed by atoms with Gasteiger partial charge in [-0.25, -0.2) is 0 Å². The van der Waals surface area contributed by atoms with Crippen molar-refractivity contribution in [2.75, 3.05) is 6.54 Å². The first kappa shape index (κ1) is 17.3. The van der Waals surface area contributed by atoms with Crippen molar-refractivity contribution >= 4 is 22.4 Å². The van der Waals surface area contributed by atoms with Crippen molar-refractivity contribution in [3.05, 3.63) is 86.3 Å². The molecule has 0 radical (unpaired) electrons. The van der Waals surface area contributed by atoms with E-state index in [0.717, 1.165) is 0 Å². The lowest BCUT2D eigenvalue weighted by molar-refractivity contribution is -0.384. The molecule has 7 nitrogen and oxygen atoms in total. The van der Waals surface area contributed by atoms with Gasteiger partial charge in [0.05, 0.1) is 4.92 Å². The normalized spacial score (nSPS) is 10.7. The van der Waals surface area contributed by atoms with Gasteiger partial charge in [0.15, 0.2) is 0 Å². The van der Waals surface area contributed by atoms with E-state index in [-0.39, 0.29) is 29.4 Å². The lowest BCUT2D eigenvalue weighted by atomic mass is 10.1. The molecule has 0 aliphatic carbocycles. The van der Waals surface area contributed by atoms with Crippen LogP contribution < -0.4 is 5.56 Å². The maximum absolute atomic E-state index is 12.8. The van der Waals surface area contributed by atoms with Gasteiger partial charge in [-0.15, -0.1) is 0 Å². The largest absolute Gasteiger partial charge is 0.333 e. The maximum Gasteiger partial charge on any atom is 0.270 e. The number of non-ortho nitro benzene ring substituents is 1. The average molecular weight is 351 g/mol. The number of fused-ring (bicyclic) bond motifs is 1. The smallest absolute Gasteiger partial charge is 0.270 e. The third-order valence-corrected chi connectivity index (χ3v) is 4.15. The van der Waals surface area contributed by atoms with E-state index in [4.69, 9.17) is 0 Å². The van der Waals surface area contributed by atoms with Crippen molar-refractivity contribution in [1.29, 1.82) is 0 Å². The van der Waals surface area contributed by atoms with Gasteiger partial charge in [0.1, 0.15) is 5.69 Å². The quantitative estimate of drug-likeness (QED) is 0.564. The first-order valence-corrected chi connectivity index (χ1v) is 8.14. The molecular formula is C19H17N3O4. The molecule has 0 aliphatic rings. The zero-order valence-corrected chi connectivity index (χ0v) is 14.1. The zero-order valence-electron chi connectivity index (χ0n) is 14.1. The van der Waals surface area contributed by atoms with Gasteiger partial charge < -0.3 is 9.88 Å². The molecule has 1 aromatic heterocycles. The van der Waals surface area contributed by atoms with E-state index in [1.54, 1.807) is 42.5 Å². The molecule has 0 bridgehead atoms. The summed E-state index contributed by atoms with van der Waals surface area (Å²) in [5.74, 6) is -0.332. The Kier molecular flexibility index (Phi) is 4.79. The highest BCUT2D eigenvalue weighted by molar-refractivity contribution is 5.96. The Bertz CT molecular complexity index is 1040. The van der Waals surface area contributed by atoms with E-state index >= 15 is 0 Å². The third-order valence-electron chi connectivity index (χ3n) is 4.15. The van der Waals surface area contributed by atoms with Crippen molar-refractivity contribution in [3.8, 4) is 0 Å². The van der Waals surface area contributed by atoms with Crippen LogP contribution in [0, 0.1) is 10.1 Å². The highest BCUT2D eigenvalue weighted by Crippen LogP contribution is 2.17. The fraction of sp³-hybridized carbons (Fsp3) is 0.158. The number of carbonyl (C=O) groups excluding carboxylic acids is 1. The highest BCUT2D eigenvalue weighted by atomic mass is 16.6. The van der Waals surface area contributed by atoms with Gasteiger partial charge in [-0.05, 0) is 30.0 Å². The van der Waals surface area contributed by atoms with Gasteiger partial charge in [-0.2, -0.15) is 0 Å². The molecule has 3 aromatic rings. The summed E-state index contributed by atoms with van der Waals surface area (Å²) < 4.78 is 0. The van der Waals surface area contributed by atoms with Crippen molar-refractivity contribution in [2.45, 2.75) is 13.5 Å². The maximum atomic E-state index is 12.8. The summed E-state index contributed by atoms with van der Waals surface area (Å²) in [4.78, 5) is 39.6. The van der Waals surface area contributed by atoms with E-state index in [1.165, 1.54) is 17.0 Å². The third kappa shape index (κ3) is 3.46. The topological polar surface area (TPSA) is 96.3 Å². The van der Waals surface area contributed by atoms with Gasteiger partial charge in [0, 0.05) is 30.6 Å². The number of nitro groups is 1. The number of aromatic amines is 1. The van der Waals surface area contributed by atoms with Crippen LogP contribution in [0.25, 0.3) is 10.8 Å². The number of amides is 1. The second-order valence-electron chi connectivity index (χ2n) is 5.85. The van der Waals surface area contributed by atoms with Crippen molar-refractivity contribution in [3.63, 3.8) is 0 Å². The van der Waals surface area contributed by atoms with Crippen LogP contribution in [0.1, 0.15) is 23.0 Å². The second-order valence-corrected chi connectivity index (χ2v) is 5.85. The molecule has 1 amide bonds. The monoisotopic (exact) mass is 351 g/mol. The summed E-state index contributed by atoms with van der Waals surface area (Å²) >= 11 is 0. The standard InChI is InChI=1S/C19H17N3O4/c1-2-21(12-13-6-5-8-15(10-13)22(25)26)19(24)17-11-14-7-3-4-9-16(14)18(23)20-17/h3-11H,2,12H2,1H3,(H,20,23). The first-order valence-electron chi connectivity index (χ1n) is 8.14. The van der Waals surface area contributed by atoms with Gasteiger partial charge in [0.25, 0.3) is 17.2 Å². The Morgan fingerprint density at radius 2 is 1.92 bits per heavy atom.